The van der Waals surface area contributed by atoms with Crippen molar-refractivity contribution in [3.8, 4) is 16.9 Å². The van der Waals surface area contributed by atoms with Crippen LogP contribution >= 0.6 is 0 Å². The van der Waals surface area contributed by atoms with E-state index in [0.717, 1.165) is 56.1 Å². The topological polar surface area (TPSA) is 108 Å². The maximum absolute atomic E-state index is 6.31. The van der Waals surface area contributed by atoms with Crippen molar-refractivity contribution in [2.75, 3.05) is 55.5 Å². The molecule has 9 nitrogen and oxygen atoms in total. The lowest BCUT2D eigenvalue weighted by atomic mass is 10.1. The first-order valence-electron chi connectivity index (χ1n) is 11.3. The van der Waals surface area contributed by atoms with E-state index in [1.807, 2.05) is 30.3 Å². The van der Waals surface area contributed by atoms with Crippen LogP contribution in [0.5, 0.6) is 5.75 Å². The Kier molecular flexibility index (Phi) is 6.50. The predicted octanol–water partition coefficient (Wildman–Crippen LogP) is 3.26. The van der Waals surface area contributed by atoms with Gasteiger partial charge in [-0.25, -0.2) is 9.97 Å². The van der Waals surface area contributed by atoms with Crippen molar-refractivity contribution < 1.29 is 14.2 Å². The third-order valence-corrected chi connectivity index (χ3v) is 5.78. The summed E-state index contributed by atoms with van der Waals surface area (Å²) in [5, 5.41) is 3.26. The van der Waals surface area contributed by atoms with Crippen LogP contribution in [0.25, 0.3) is 11.1 Å². The lowest BCUT2D eigenvalue weighted by Crippen LogP contribution is -2.36. The molecule has 0 saturated carbocycles. The van der Waals surface area contributed by atoms with E-state index < -0.39 is 0 Å². The summed E-state index contributed by atoms with van der Waals surface area (Å²) in [6, 6.07) is 9.81. The second-order valence-corrected chi connectivity index (χ2v) is 8.10. The van der Waals surface area contributed by atoms with Gasteiger partial charge in [-0.15, -0.1) is 0 Å². The van der Waals surface area contributed by atoms with E-state index in [2.05, 4.69) is 25.2 Å². The van der Waals surface area contributed by atoms with Gasteiger partial charge in [-0.3, -0.25) is 4.98 Å². The third-order valence-electron chi connectivity index (χ3n) is 5.78. The first kappa shape index (κ1) is 21.4. The molecule has 0 radical (unpaired) electrons. The van der Waals surface area contributed by atoms with Crippen molar-refractivity contribution in [2.45, 2.75) is 18.9 Å². The van der Waals surface area contributed by atoms with E-state index in [0.29, 0.717) is 36.3 Å². The van der Waals surface area contributed by atoms with Crippen molar-refractivity contribution in [1.82, 2.24) is 15.0 Å². The number of nitrogens with one attached hydrogen (secondary N) is 1. The lowest BCUT2D eigenvalue weighted by Gasteiger charge is -2.27. The Hall–Kier alpha value is -3.43. The molecule has 2 aliphatic rings. The molecule has 3 aromatic rings. The summed E-state index contributed by atoms with van der Waals surface area (Å²) in [6.07, 6.45) is 7.15. The molecule has 172 valence electrons. The van der Waals surface area contributed by atoms with E-state index in [-0.39, 0.29) is 6.10 Å². The highest BCUT2D eigenvalue weighted by molar-refractivity contribution is 5.73. The van der Waals surface area contributed by atoms with E-state index in [4.69, 9.17) is 19.9 Å². The molecule has 4 heterocycles. The van der Waals surface area contributed by atoms with Crippen molar-refractivity contribution in [2.24, 2.45) is 0 Å². The maximum atomic E-state index is 6.31. The second kappa shape index (κ2) is 10.0. The summed E-state index contributed by atoms with van der Waals surface area (Å²) in [5.41, 5.74) is 8.91. The summed E-state index contributed by atoms with van der Waals surface area (Å²) in [5.74, 6) is 2.87. The lowest BCUT2D eigenvalue weighted by molar-refractivity contribution is 0.0259. The SMILES string of the molecule is Nc1cc(-c2ccnc(Nc3cncc(N4CCOCC4)n3)c2)ccc1OC1CCOCC1. The van der Waals surface area contributed by atoms with Gasteiger partial charge in [-0.05, 0) is 35.4 Å². The second-order valence-electron chi connectivity index (χ2n) is 8.10. The van der Waals surface area contributed by atoms with Gasteiger partial charge in [0.15, 0.2) is 5.82 Å². The average Bonchev–Trinajstić information content (AvgIpc) is 2.87. The van der Waals surface area contributed by atoms with Gasteiger partial charge in [-0.1, -0.05) is 6.07 Å². The predicted molar refractivity (Wildman–Crippen MR) is 127 cm³/mol. The number of nitrogen functional groups attached to an aromatic ring is 1. The van der Waals surface area contributed by atoms with Crippen LogP contribution in [0, 0.1) is 0 Å². The number of hydrogen-bond donors (Lipinski definition) is 2. The van der Waals surface area contributed by atoms with Crippen LogP contribution in [0.2, 0.25) is 0 Å². The van der Waals surface area contributed by atoms with Crippen LogP contribution in [0.1, 0.15) is 12.8 Å². The van der Waals surface area contributed by atoms with Crippen molar-refractivity contribution in [3.05, 3.63) is 48.9 Å². The van der Waals surface area contributed by atoms with Crippen LogP contribution in [0.15, 0.2) is 48.9 Å². The minimum absolute atomic E-state index is 0.151. The smallest absolute Gasteiger partial charge is 0.152 e. The fourth-order valence-electron chi connectivity index (χ4n) is 3.98. The minimum Gasteiger partial charge on any atom is -0.488 e. The summed E-state index contributed by atoms with van der Waals surface area (Å²) in [4.78, 5) is 15.6. The average molecular weight is 449 g/mol. The fourth-order valence-corrected chi connectivity index (χ4v) is 3.98. The highest BCUT2D eigenvalue weighted by Gasteiger charge is 2.17. The molecule has 33 heavy (non-hydrogen) atoms. The largest absolute Gasteiger partial charge is 0.488 e. The van der Waals surface area contributed by atoms with Gasteiger partial charge in [0.2, 0.25) is 0 Å². The Morgan fingerprint density at radius 1 is 0.939 bits per heavy atom. The first-order chi connectivity index (χ1) is 16.2. The van der Waals surface area contributed by atoms with Crippen molar-refractivity contribution in [3.63, 3.8) is 0 Å². The number of nitrogens with two attached hydrogens (primary N) is 1. The molecule has 2 aliphatic heterocycles. The number of nitrogens with zero attached hydrogens (tertiary/aromatic N) is 4. The van der Waals surface area contributed by atoms with Gasteiger partial charge in [0.1, 0.15) is 23.5 Å². The van der Waals surface area contributed by atoms with Gasteiger partial charge in [-0.2, -0.15) is 0 Å². The molecule has 9 heteroatoms. The number of rotatable bonds is 6. The Labute approximate surface area is 192 Å². The molecule has 0 spiro atoms. The Morgan fingerprint density at radius 2 is 1.73 bits per heavy atom. The monoisotopic (exact) mass is 448 g/mol. The molecule has 2 fully saturated rings. The molecule has 0 bridgehead atoms. The third kappa shape index (κ3) is 5.32. The zero-order chi connectivity index (χ0) is 22.5. The molecular weight excluding hydrogens is 420 g/mol. The number of morpholine rings is 1. The number of aromatic nitrogens is 3. The summed E-state index contributed by atoms with van der Waals surface area (Å²) >= 11 is 0. The van der Waals surface area contributed by atoms with Crippen LogP contribution in [-0.4, -0.2) is 60.6 Å². The minimum atomic E-state index is 0.151. The van der Waals surface area contributed by atoms with Crippen molar-refractivity contribution in [1.29, 1.82) is 0 Å². The van der Waals surface area contributed by atoms with E-state index in [9.17, 15) is 0 Å². The molecular formula is C24H28N6O3. The van der Waals surface area contributed by atoms with Gasteiger partial charge in [0.25, 0.3) is 0 Å². The molecule has 0 atom stereocenters. The van der Waals surface area contributed by atoms with Crippen molar-refractivity contribution >= 4 is 23.1 Å². The Bertz CT molecular complexity index is 1080. The molecule has 0 amide bonds. The van der Waals surface area contributed by atoms with E-state index >= 15 is 0 Å². The number of benzene rings is 1. The highest BCUT2D eigenvalue weighted by Crippen LogP contribution is 2.31. The normalized spacial score (nSPS) is 17.0. The molecule has 1 aromatic carbocycles. The molecule has 3 N–H and O–H groups in total. The van der Waals surface area contributed by atoms with Gasteiger partial charge >= 0.3 is 0 Å². The standard InChI is InChI=1S/C24H28N6O3/c25-20-13-17(1-2-21(20)33-19-4-9-31-10-5-19)18-3-6-27-22(14-18)28-23-15-26-16-24(29-23)30-7-11-32-12-8-30/h1-3,6,13-16,19H,4-5,7-12,25H2,(H,27,28,29). The zero-order valence-electron chi connectivity index (χ0n) is 18.4. The highest BCUT2D eigenvalue weighted by atomic mass is 16.5. The first-order valence-corrected chi connectivity index (χ1v) is 11.3. The van der Waals surface area contributed by atoms with Crippen LogP contribution in [0.3, 0.4) is 0 Å². The Balaban J connectivity index is 1.29. The van der Waals surface area contributed by atoms with E-state index in [1.54, 1.807) is 18.6 Å². The summed E-state index contributed by atoms with van der Waals surface area (Å²) in [6.45, 7) is 4.48. The van der Waals surface area contributed by atoms with Crippen LogP contribution in [-0.2, 0) is 9.47 Å². The number of anilines is 4. The number of pyridine rings is 1. The van der Waals surface area contributed by atoms with Gasteiger partial charge in [0, 0.05) is 32.1 Å². The molecule has 0 unspecified atom stereocenters. The quantitative estimate of drug-likeness (QED) is 0.549. The zero-order valence-corrected chi connectivity index (χ0v) is 18.4. The molecule has 2 aromatic heterocycles. The molecule has 0 aliphatic carbocycles. The maximum Gasteiger partial charge on any atom is 0.152 e. The van der Waals surface area contributed by atoms with Gasteiger partial charge < -0.3 is 30.2 Å². The number of ether oxygens (including phenoxy) is 3. The molecule has 5 rings (SSSR count). The Morgan fingerprint density at radius 3 is 2.55 bits per heavy atom. The fraction of sp³-hybridized carbons (Fsp3) is 0.375. The summed E-state index contributed by atoms with van der Waals surface area (Å²) in [7, 11) is 0. The molecule has 2 saturated heterocycles. The summed E-state index contributed by atoms with van der Waals surface area (Å²) < 4.78 is 16.9. The van der Waals surface area contributed by atoms with Gasteiger partial charge in [0.05, 0.1) is 44.5 Å². The van der Waals surface area contributed by atoms with Crippen LogP contribution in [0.4, 0.5) is 23.1 Å². The van der Waals surface area contributed by atoms with Crippen LogP contribution < -0.4 is 20.7 Å². The van der Waals surface area contributed by atoms with E-state index in [1.165, 1.54) is 0 Å². The number of hydrogen-bond acceptors (Lipinski definition) is 9.